The van der Waals surface area contributed by atoms with Crippen LogP contribution in [0.3, 0.4) is 0 Å². The summed E-state index contributed by atoms with van der Waals surface area (Å²) in [7, 11) is 0. The predicted molar refractivity (Wildman–Crippen MR) is 72.2 cm³/mol. The molecule has 2 bridgehead atoms. The summed E-state index contributed by atoms with van der Waals surface area (Å²) in [6, 6.07) is 0. The molecule has 1 saturated heterocycles. The maximum atomic E-state index is 6.47. The van der Waals surface area contributed by atoms with Crippen LogP contribution >= 0.6 is 0 Å². The molecule has 18 heavy (non-hydrogen) atoms. The Kier molecular flexibility index (Phi) is 2.53. The van der Waals surface area contributed by atoms with Crippen molar-refractivity contribution in [3.05, 3.63) is 0 Å². The highest BCUT2D eigenvalue weighted by atomic mass is 16.7. The van der Waals surface area contributed by atoms with E-state index in [4.69, 9.17) is 9.47 Å². The van der Waals surface area contributed by atoms with E-state index in [2.05, 4.69) is 41.5 Å². The molecule has 0 aromatic carbocycles. The van der Waals surface area contributed by atoms with Gasteiger partial charge in [0.2, 0.25) is 0 Å². The van der Waals surface area contributed by atoms with Crippen LogP contribution in [-0.4, -0.2) is 18.0 Å². The highest BCUT2D eigenvalue weighted by Gasteiger charge is 2.72. The lowest BCUT2D eigenvalue weighted by Gasteiger charge is -2.56. The maximum Gasteiger partial charge on any atom is 0.155 e. The van der Waals surface area contributed by atoms with Crippen molar-refractivity contribution in [2.45, 2.75) is 78.8 Å². The van der Waals surface area contributed by atoms with Crippen molar-refractivity contribution in [1.29, 1.82) is 0 Å². The van der Waals surface area contributed by atoms with Crippen molar-refractivity contribution < 1.29 is 9.47 Å². The quantitative estimate of drug-likeness (QED) is 0.649. The molecule has 0 radical (unpaired) electrons. The minimum atomic E-state index is -0.0526. The molecule has 2 saturated carbocycles. The van der Waals surface area contributed by atoms with Gasteiger partial charge in [0.1, 0.15) is 0 Å². The second-order valence-corrected chi connectivity index (χ2v) is 7.70. The number of hydrogen-bond donors (Lipinski definition) is 0. The molecule has 3 rings (SSSR count). The summed E-state index contributed by atoms with van der Waals surface area (Å²) in [5.41, 5.74) is 0.741. The standard InChI is InChI=1S/C16H28O2/c1-10-11(2)17-12(3)18-16(10)9-13-7-8-15(16,6)14(13,4)5/h10-13H,7-9H2,1-6H3. The van der Waals surface area contributed by atoms with E-state index in [1.807, 2.05) is 0 Å². The molecular weight excluding hydrogens is 224 g/mol. The van der Waals surface area contributed by atoms with E-state index in [0.29, 0.717) is 22.9 Å². The summed E-state index contributed by atoms with van der Waals surface area (Å²) in [6.07, 6.45) is 4.18. The Morgan fingerprint density at radius 2 is 1.72 bits per heavy atom. The van der Waals surface area contributed by atoms with E-state index in [-0.39, 0.29) is 11.9 Å². The molecular formula is C16H28O2. The van der Waals surface area contributed by atoms with E-state index in [9.17, 15) is 0 Å². The van der Waals surface area contributed by atoms with Crippen molar-refractivity contribution >= 4 is 0 Å². The predicted octanol–water partition coefficient (Wildman–Crippen LogP) is 3.99. The van der Waals surface area contributed by atoms with Crippen LogP contribution in [0.4, 0.5) is 0 Å². The molecule has 3 aliphatic rings. The molecule has 2 heteroatoms. The van der Waals surface area contributed by atoms with Crippen LogP contribution in [0.1, 0.15) is 60.8 Å². The molecule has 0 aromatic heterocycles. The van der Waals surface area contributed by atoms with Gasteiger partial charge >= 0.3 is 0 Å². The zero-order chi connectivity index (χ0) is 13.3. The lowest BCUT2D eigenvalue weighted by molar-refractivity contribution is -0.329. The Morgan fingerprint density at radius 3 is 2.22 bits per heavy atom. The van der Waals surface area contributed by atoms with E-state index in [0.717, 1.165) is 5.92 Å². The van der Waals surface area contributed by atoms with Gasteiger partial charge in [-0.3, -0.25) is 0 Å². The highest BCUT2D eigenvalue weighted by Crippen LogP contribution is 2.73. The van der Waals surface area contributed by atoms with Crippen LogP contribution in [0, 0.1) is 22.7 Å². The molecule has 2 aliphatic carbocycles. The van der Waals surface area contributed by atoms with Gasteiger partial charge in [-0.15, -0.1) is 0 Å². The van der Waals surface area contributed by atoms with Crippen LogP contribution in [0.25, 0.3) is 0 Å². The normalized spacial score (nSPS) is 58.3. The minimum Gasteiger partial charge on any atom is -0.350 e. The third-order valence-electron chi connectivity index (χ3n) is 7.14. The number of rotatable bonds is 0. The smallest absolute Gasteiger partial charge is 0.155 e. The van der Waals surface area contributed by atoms with Gasteiger partial charge in [0.05, 0.1) is 11.7 Å². The fourth-order valence-electron chi connectivity index (χ4n) is 5.40. The molecule has 6 unspecified atom stereocenters. The lowest BCUT2D eigenvalue weighted by Crippen LogP contribution is -2.61. The SMILES string of the molecule is CC1OC(C)C(C)C2(CC3CCC2(C)C3(C)C)O1. The Morgan fingerprint density at radius 1 is 1.06 bits per heavy atom. The zero-order valence-electron chi connectivity index (χ0n) is 12.7. The lowest BCUT2D eigenvalue weighted by atomic mass is 9.59. The van der Waals surface area contributed by atoms with Crippen LogP contribution in [0.5, 0.6) is 0 Å². The highest BCUT2D eigenvalue weighted by molar-refractivity contribution is 5.21. The summed E-state index contributed by atoms with van der Waals surface area (Å²) < 4.78 is 12.4. The van der Waals surface area contributed by atoms with Gasteiger partial charge in [-0.25, -0.2) is 0 Å². The topological polar surface area (TPSA) is 18.5 Å². The minimum absolute atomic E-state index is 0.0382. The zero-order valence-corrected chi connectivity index (χ0v) is 12.7. The Balaban J connectivity index is 2.06. The monoisotopic (exact) mass is 252 g/mol. The molecule has 104 valence electrons. The second-order valence-electron chi connectivity index (χ2n) is 7.70. The largest absolute Gasteiger partial charge is 0.350 e. The first-order valence-corrected chi connectivity index (χ1v) is 7.58. The summed E-state index contributed by atoms with van der Waals surface area (Å²) in [6.45, 7) is 14.0. The number of hydrogen-bond acceptors (Lipinski definition) is 2. The van der Waals surface area contributed by atoms with Crippen LogP contribution in [-0.2, 0) is 9.47 Å². The fourth-order valence-corrected chi connectivity index (χ4v) is 5.40. The van der Waals surface area contributed by atoms with E-state index < -0.39 is 0 Å². The maximum absolute atomic E-state index is 6.47. The van der Waals surface area contributed by atoms with Crippen LogP contribution in [0.2, 0.25) is 0 Å². The first-order chi connectivity index (χ1) is 8.24. The summed E-state index contributed by atoms with van der Waals surface area (Å²) in [4.78, 5) is 0. The van der Waals surface area contributed by atoms with Crippen molar-refractivity contribution in [3.8, 4) is 0 Å². The Bertz CT molecular complexity index is 364. The summed E-state index contributed by atoms with van der Waals surface area (Å²) in [5.74, 6) is 1.31. The van der Waals surface area contributed by atoms with E-state index in [1.54, 1.807) is 0 Å². The molecule has 6 atom stereocenters. The second kappa shape index (κ2) is 3.52. The Hall–Kier alpha value is -0.0800. The molecule has 1 spiro atoms. The Labute approximate surface area is 111 Å². The van der Waals surface area contributed by atoms with Gasteiger partial charge in [-0.2, -0.15) is 0 Å². The average molecular weight is 252 g/mol. The third kappa shape index (κ3) is 1.22. The molecule has 1 aliphatic heterocycles. The van der Waals surface area contributed by atoms with Crippen LogP contribution < -0.4 is 0 Å². The number of fused-ring (bicyclic) bond motifs is 3. The van der Waals surface area contributed by atoms with Crippen molar-refractivity contribution in [2.75, 3.05) is 0 Å². The van der Waals surface area contributed by atoms with Gasteiger partial charge < -0.3 is 9.47 Å². The van der Waals surface area contributed by atoms with Crippen molar-refractivity contribution in [3.63, 3.8) is 0 Å². The van der Waals surface area contributed by atoms with Gasteiger partial charge in [0.25, 0.3) is 0 Å². The molecule has 0 amide bonds. The first kappa shape index (κ1) is 12.9. The van der Waals surface area contributed by atoms with Gasteiger partial charge in [-0.1, -0.05) is 27.7 Å². The van der Waals surface area contributed by atoms with Gasteiger partial charge in [-0.05, 0) is 44.4 Å². The van der Waals surface area contributed by atoms with Gasteiger partial charge in [0, 0.05) is 11.3 Å². The van der Waals surface area contributed by atoms with Gasteiger partial charge in [0.15, 0.2) is 6.29 Å². The summed E-state index contributed by atoms with van der Waals surface area (Å²) >= 11 is 0. The first-order valence-electron chi connectivity index (χ1n) is 7.58. The molecule has 3 fully saturated rings. The number of ether oxygens (including phenoxy) is 2. The van der Waals surface area contributed by atoms with Crippen LogP contribution in [0.15, 0.2) is 0 Å². The molecule has 1 heterocycles. The van der Waals surface area contributed by atoms with Crippen molar-refractivity contribution in [1.82, 2.24) is 0 Å². The average Bonchev–Trinajstić information content (AvgIpc) is 2.58. The summed E-state index contributed by atoms with van der Waals surface area (Å²) in [5, 5.41) is 0. The molecule has 0 N–H and O–H groups in total. The van der Waals surface area contributed by atoms with Crippen molar-refractivity contribution in [2.24, 2.45) is 22.7 Å². The fraction of sp³-hybridized carbons (Fsp3) is 1.00. The molecule has 0 aromatic rings. The van der Waals surface area contributed by atoms with E-state index in [1.165, 1.54) is 19.3 Å². The van der Waals surface area contributed by atoms with E-state index >= 15 is 0 Å². The molecule has 2 nitrogen and oxygen atoms in total. The third-order valence-corrected chi connectivity index (χ3v) is 7.14.